The van der Waals surface area contributed by atoms with E-state index in [4.69, 9.17) is 16.3 Å². The Morgan fingerprint density at radius 1 is 1.31 bits per heavy atom. The number of carbonyl (C=O) groups excluding carboxylic acids is 1. The Morgan fingerprint density at radius 2 is 1.88 bits per heavy atom. The Kier molecular flexibility index (Phi) is 4.36. The molecule has 0 bridgehead atoms. The van der Waals surface area contributed by atoms with Gasteiger partial charge in [0.25, 0.3) is 5.24 Å². The second kappa shape index (κ2) is 5.35. The minimum Gasteiger partial charge on any atom is -0.484 e. The fraction of sp³-hybridized carbons (Fsp3) is 0.462. The van der Waals surface area contributed by atoms with Crippen LogP contribution < -0.4 is 4.74 Å². The third-order valence-corrected chi connectivity index (χ3v) is 2.98. The highest BCUT2D eigenvalue weighted by atomic mass is 35.5. The van der Waals surface area contributed by atoms with Crippen molar-refractivity contribution in [3.05, 3.63) is 29.8 Å². The SMILES string of the molecule is CCC(C)(C)c1ccc(OCC(=O)Cl)cc1. The summed E-state index contributed by atoms with van der Waals surface area (Å²) in [7, 11) is 0. The highest BCUT2D eigenvalue weighted by molar-refractivity contribution is 6.63. The Morgan fingerprint density at radius 3 is 2.31 bits per heavy atom. The molecule has 0 saturated carbocycles. The summed E-state index contributed by atoms with van der Waals surface area (Å²) in [5.41, 5.74) is 1.43. The first kappa shape index (κ1) is 13.0. The van der Waals surface area contributed by atoms with E-state index in [1.165, 1.54) is 5.56 Å². The van der Waals surface area contributed by atoms with Crippen LogP contribution in [0.25, 0.3) is 0 Å². The number of benzene rings is 1. The van der Waals surface area contributed by atoms with Gasteiger partial charge in [-0.05, 0) is 41.1 Å². The van der Waals surface area contributed by atoms with Crippen LogP contribution in [0.3, 0.4) is 0 Å². The summed E-state index contributed by atoms with van der Waals surface area (Å²) in [5.74, 6) is 0.671. The predicted octanol–water partition coefficient (Wildman–Crippen LogP) is 3.52. The van der Waals surface area contributed by atoms with E-state index in [2.05, 4.69) is 20.8 Å². The van der Waals surface area contributed by atoms with Gasteiger partial charge in [0.15, 0.2) is 6.61 Å². The maximum absolute atomic E-state index is 10.5. The molecule has 0 aliphatic heterocycles. The van der Waals surface area contributed by atoms with Gasteiger partial charge in [-0.1, -0.05) is 32.9 Å². The second-order valence-electron chi connectivity index (χ2n) is 4.41. The molecule has 2 nitrogen and oxygen atoms in total. The third kappa shape index (κ3) is 3.53. The summed E-state index contributed by atoms with van der Waals surface area (Å²) >= 11 is 5.19. The topological polar surface area (TPSA) is 26.3 Å². The zero-order chi connectivity index (χ0) is 12.2. The van der Waals surface area contributed by atoms with Crippen molar-refractivity contribution >= 4 is 16.8 Å². The lowest BCUT2D eigenvalue weighted by molar-refractivity contribution is -0.113. The van der Waals surface area contributed by atoms with E-state index in [0.717, 1.165) is 6.42 Å². The molecule has 0 spiro atoms. The molecule has 1 aromatic carbocycles. The van der Waals surface area contributed by atoms with Crippen molar-refractivity contribution < 1.29 is 9.53 Å². The van der Waals surface area contributed by atoms with Gasteiger partial charge in [0.1, 0.15) is 5.75 Å². The molecule has 0 heterocycles. The van der Waals surface area contributed by atoms with Crippen LogP contribution in [0, 0.1) is 0 Å². The maximum atomic E-state index is 10.5. The summed E-state index contributed by atoms with van der Waals surface area (Å²) in [6.07, 6.45) is 1.08. The zero-order valence-corrected chi connectivity index (χ0v) is 10.7. The number of carbonyl (C=O) groups is 1. The van der Waals surface area contributed by atoms with Gasteiger partial charge in [-0.15, -0.1) is 0 Å². The Labute approximate surface area is 102 Å². The van der Waals surface area contributed by atoms with E-state index >= 15 is 0 Å². The molecule has 0 aliphatic carbocycles. The van der Waals surface area contributed by atoms with Gasteiger partial charge < -0.3 is 4.74 Å². The van der Waals surface area contributed by atoms with Crippen molar-refractivity contribution in [2.24, 2.45) is 0 Å². The van der Waals surface area contributed by atoms with Gasteiger partial charge >= 0.3 is 0 Å². The van der Waals surface area contributed by atoms with E-state index in [1.54, 1.807) is 0 Å². The molecular weight excluding hydrogens is 224 g/mol. The molecule has 0 aromatic heterocycles. The highest BCUT2D eigenvalue weighted by Gasteiger charge is 2.17. The third-order valence-electron chi connectivity index (χ3n) is 2.87. The summed E-state index contributed by atoms with van der Waals surface area (Å²) in [6, 6.07) is 7.79. The van der Waals surface area contributed by atoms with Crippen molar-refractivity contribution in [2.45, 2.75) is 32.6 Å². The van der Waals surface area contributed by atoms with E-state index in [0.29, 0.717) is 5.75 Å². The van der Waals surface area contributed by atoms with E-state index in [9.17, 15) is 4.79 Å². The van der Waals surface area contributed by atoms with Gasteiger partial charge in [-0.25, -0.2) is 0 Å². The molecule has 0 radical (unpaired) electrons. The largest absolute Gasteiger partial charge is 0.484 e. The normalized spacial score (nSPS) is 11.2. The Bertz CT molecular complexity index is 355. The first-order valence-corrected chi connectivity index (χ1v) is 5.75. The van der Waals surface area contributed by atoms with Gasteiger partial charge in [-0.3, -0.25) is 4.79 Å². The molecule has 3 heteroatoms. The molecule has 0 fully saturated rings. The predicted molar refractivity (Wildman–Crippen MR) is 66.1 cm³/mol. The van der Waals surface area contributed by atoms with Crippen LogP contribution in [0.4, 0.5) is 0 Å². The summed E-state index contributed by atoms with van der Waals surface area (Å²) in [6.45, 7) is 6.48. The molecule has 88 valence electrons. The number of rotatable bonds is 5. The molecule has 0 amide bonds. The van der Waals surface area contributed by atoms with Crippen molar-refractivity contribution in [3.8, 4) is 5.75 Å². The molecule has 1 rings (SSSR count). The van der Waals surface area contributed by atoms with Crippen molar-refractivity contribution in [1.29, 1.82) is 0 Å². The lowest BCUT2D eigenvalue weighted by Gasteiger charge is -2.23. The van der Waals surface area contributed by atoms with Crippen molar-refractivity contribution in [2.75, 3.05) is 6.61 Å². The first-order chi connectivity index (χ1) is 7.45. The number of hydrogen-bond donors (Lipinski definition) is 0. The average Bonchev–Trinajstić information content (AvgIpc) is 2.27. The number of halogens is 1. The lowest BCUT2D eigenvalue weighted by atomic mass is 9.82. The van der Waals surface area contributed by atoms with Crippen LogP contribution in [0.15, 0.2) is 24.3 Å². The second-order valence-corrected chi connectivity index (χ2v) is 4.83. The maximum Gasteiger partial charge on any atom is 0.259 e. The van der Waals surface area contributed by atoms with Crippen LogP contribution in [0.2, 0.25) is 0 Å². The van der Waals surface area contributed by atoms with Crippen LogP contribution in [-0.2, 0) is 10.2 Å². The lowest BCUT2D eigenvalue weighted by Crippen LogP contribution is -2.15. The van der Waals surface area contributed by atoms with Gasteiger partial charge in [0.2, 0.25) is 0 Å². The Balaban J connectivity index is 2.71. The molecular formula is C13H17ClO2. The zero-order valence-electron chi connectivity index (χ0n) is 9.92. The van der Waals surface area contributed by atoms with Gasteiger partial charge in [0.05, 0.1) is 0 Å². The van der Waals surface area contributed by atoms with Crippen molar-refractivity contribution in [1.82, 2.24) is 0 Å². The number of ether oxygens (including phenoxy) is 1. The molecule has 0 saturated heterocycles. The standard InChI is InChI=1S/C13H17ClO2/c1-4-13(2,3)10-5-7-11(8-6-10)16-9-12(14)15/h5-8H,4,9H2,1-3H3. The summed E-state index contributed by atoms with van der Waals surface area (Å²) in [4.78, 5) is 10.5. The minimum atomic E-state index is -0.488. The van der Waals surface area contributed by atoms with Crippen LogP contribution in [0.5, 0.6) is 5.75 Å². The van der Waals surface area contributed by atoms with Gasteiger partial charge in [0, 0.05) is 0 Å². The molecule has 0 unspecified atom stereocenters. The average molecular weight is 241 g/mol. The van der Waals surface area contributed by atoms with Crippen LogP contribution >= 0.6 is 11.6 Å². The minimum absolute atomic E-state index is 0.0852. The molecule has 0 atom stereocenters. The molecule has 0 aliphatic rings. The number of hydrogen-bond acceptors (Lipinski definition) is 2. The van der Waals surface area contributed by atoms with Gasteiger partial charge in [-0.2, -0.15) is 0 Å². The highest BCUT2D eigenvalue weighted by Crippen LogP contribution is 2.27. The van der Waals surface area contributed by atoms with E-state index < -0.39 is 5.24 Å². The summed E-state index contributed by atoms with van der Waals surface area (Å²) in [5, 5.41) is -0.488. The quantitative estimate of drug-likeness (QED) is 0.737. The first-order valence-electron chi connectivity index (χ1n) is 5.37. The fourth-order valence-electron chi connectivity index (χ4n) is 1.35. The smallest absolute Gasteiger partial charge is 0.259 e. The van der Waals surface area contributed by atoms with E-state index in [-0.39, 0.29) is 12.0 Å². The molecule has 16 heavy (non-hydrogen) atoms. The van der Waals surface area contributed by atoms with Crippen LogP contribution in [0.1, 0.15) is 32.8 Å². The monoisotopic (exact) mass is 240 g/mol. The van der Waals surface area contributed by atoms with Crippen molar-refractivity contribution in [3.63, 3.8) is 0 Å². The van der Waals surface area contributed by atoms with Crippen LogP contribution in [-0.4, -0.2) is 11.8 Å². The fourth-order valence-corrected chi connectivity index (χ4v) is 1.40. The Hall–Kier alpha value is -1.02. The summed E-state index contributed by atoms with van der Waals surface area (Å²) < 4.78 is 5.19. The van der Waals surface area contributed by atoms with E-state index in [1.807, 2.05) is 24.3 Å². The molecule has 1 aromatic rings. The molecule has 0 N–H and O–H groups in total.